The van der Waals surface area contributed by atoms with Gasteiger partial charge in [-0.1, -0.05) is 54.3 Å². The molecular weight excluding hydrogens is 430 g/mol. The monoisotopic (exact) mass is 447 g/mol. The number of hydrogen-bond donors (Lipinski definition) is 2. The van der Waals surface area contributed by atoms with Crippen molar-refractivity contribution < 1.29 is 18.0 Å². The standard InChI is InChI=1S/C19H17N3O4S3/c20-29(25,26)15-8-6-14(7-9-15)21-17(23)10-11-22-18(24)16(28-19(22)27)12-13-4-2-1-3-5-13/h1-9,12H,10-11H2,(H,21,23)(H2,20,25,26)/b16-12-. The smallest absolute Gasteiger partial charge is 0.266 e. The fraction of sp³-hybridized carbons (Fsp3) is 0.105. The van der Waals surface area contributed by atoms with E-state index in [2.05, 4.69) is 5.32 Å². The maximum absolute atomic E-state index is 12.6. The van der Waals surface area contributed by atoms with Crippen LogP contribution in [0.25, 0.3) is 6.08 Å². The molecule has 3 N–H and O–H groups in total. The molecule has 2 amide bonds. The Morgan fingerprint density at radius 3 is 2.41 bits per heavy atom. The molecule has 0 aromatic heterocycles. The van der Waals surface area contributed by atoms with Gasteiger partial charge in [-0.25, -0.2) is 13.6 Å². The van der Waals surface area contributed by atoms with Crippen molar-refractivity contribution >= 4 is 61.9 Å². The minimum atomic E-state index is -3.79. The molecule has 1 aliphatic rings. The molecular formula is C19H17N3O4S3. The molecule has 150 valence electrons. The van der Waals surface area contributed by atoms with Gasteiger partial charge in [0.05, 0.1) is 9.80 Å². The van der Waals surface area contributed by atoms with Crippen LogP contribution in [0.2, 0.25) is 0 Å². The summed E-state index contributed by atoms with van der Waals surface area (Å²) in [7, 11) is -3.79. The van der Waals surface area contributed by atoms with Crippen LogP contribution in [0.3, 0.4) is 0 Å². The molecule has 0 saturated carbocycles. The number of primary sulfonamides is 1. The number of sulfonamides is 1. The molecule has 0 radical (unpaired) electrons. The van der Waals surface area contributed by atoms with Gasteiger partial charge in [-0.05, 0) is 35.9 Å². The quantitative estimate of drug-likeness (QED) is 0.520. The number of anilines is 1. The van der Waals surface area contributed by atoms with E-state index in [4.69, 9.17) is 17.4 Å². The van der Waals surface area contributed by atoms with Crippen molar-refractivity contribution in [1.29, 1.82) is 0 Å². The summed E-state index contributed by atoms with van der Waals surface area (Å²) in [6.07, 6.45) is 1.81. The zero-order valence-corrected chi connectivity index (χ0v) is 17.5. The Hall–Kier alpha value is -2.53. The van der Waals surface area contributed by atoms with E-state index in [1.54, 1.807) is 6.08 Å². The molecule has 1 aliphatic heterocycles. The Labute approximate surface area is 178 Å². The molecule has 0 atom stereocenters. The van der Waals surface area contributed by atoms with Crippen molar-refractivity contribution in [2.45, 2.75) is 11.3 Å². The second kappa shape index (κ2) is 8.87. The van der Waals surface area contributed by atoms with Crippen molar-refractivity contribution in [2.24, 2.45) is 5.14 Å². The molecule has 1 saturated heterocycles. The number of thiocarbonyl (C=S) groups is 1. The van der Waals surface area contributed by atoms with Gasteiger partial charge < -0.3 is 5.32 Å². The van der Waals surface area contributed by atoms with Crippen LogP contribution in [-0.2, 0) is 19.6 Å². The highest BCUT2D eigenvalue weighted by molar-refractivity contribution is 8.26. The lowest BCUT2D eigenvalue weighted by molar-refractivity contribution is -0.122. The summed E-state index contributed by atoms with van der Waals surface area (Å²) < 4.78 is 22.9. The lowest BCUT2D eigenvalue weighted by Gasteiger charge is -2.14. The summed E-state index contributed by atoms with van der Waals surface area (Å²) in [5.74, 6) is -0.552. The summed E-state index contributed by atoms with van der Waals surface area (Å²) in [5.41, 5.74) is 1.32. The third-order valence-electron chi connectivity index (χ3n) is 4.00. The molecule has 0 bridgehead atoms. The van der Waals surface area contributed by atoms with E-state index in [0.717, 1.165) is 5.56 Å². The highest BCUT2D eigenvalue weighted by atomic mass is 32.2. The minimum absolute atomic E-state index is 0.0433. The number of carbonyl (C=O) groups is 2. The Kier molecular flexibility index (Phi) is 6.48. The lowest BCUT2D eigenvalue weighted by Crippen LogP contribution is -2.31. The van der Waals surface area contributed by atoms with Crippen molar-refractivity contribution in [1.82, 2.24) is 4.90 Å². The number of benzene rings is 2. The third-order valence-corrected chi connectivity index (χ3v) is 6.31. The number of nitrogens with zero attached hydrogens (tertiary/aromatic N) is 1. The Morgan fingerprint density at radius 1 is 1.14 bits per heavy atom. The number of rotatable bonds is 6. The van der Waals surface area contributed by atoms with Crippen molar-refractivity contribution in [3.63, 3.8) is 0 Å². The molecule has 1 fully saturated rings. The van der Waals surface area contributed by atoms with Crippen molar-refractivity contribution in [2.75, 3.05) is 11.9 Å². The molecule has 7 nitrogen and oxygen atoms in total. The number of nitrogens with two attached hydrogens (primary N) is 1. The number of nitrogens with one attached hydrogen (secondary N) is 1. The highest BCUT2D eigenvalue weighted by Crippen LogP contribution is 2.32. The van der Waals surface area contributed by atoms with Crippen molar-refractivity contribution in [3.05, 3.63) is 65.1 Å². The second-order valence-corrected chi connectivity index (χ2v) is 9.35. The average Bonchev–Trinajstić information content (AvgIpc) is 2.93. The van der Waals surface area contributed by atoms with Crippen LogP contribution >= 0.6 is 24.0 Å². The third kappa shape index (κ3) is 5.51. The fourth-order valence-corrected chi connectivity index (χ4v) is 4.38. The van der Waals surface area contributed by atoms with Gasteiger partial charge in [-0.3, -0.25) is 14.5 Å². The predicted octanol–water partition coefficient (Wildman–Crippen LogP) is 2.56. The fourth-order valence-electron chi connectivity index (χ4n) is 2.56. The molecule has 10 heteroatoms. The maximum atomic E-state index is 12.6. The molecule has 0 aliphatic carbocycles. The number of amides is 2. The van der Waals surface area contributed by atoms with Crippen LogP contribution in [0.5, 0.6) is 0 Å². The van der Waals surface area contributed by atoms with Gasteiger partial charge in [-0.15, -0.1) is 0 Å². The number of carbonyl (C=O) groups excluding carboxylic acids is 2. The first-order chi connectivity index (χ1) is 13.7. The van der Waals surface area contributed by atoms with Crippen LogP contribution in [0.4, 0.5) is 5.69 Å². The van der Waals surface area contributed by atoms with E-state index in [9.17, 15) is 18.0 Å². The first-order valence-electron chi connectivity index (χ1n) is 8.47. The molecule has 0 unspecified atom stereocenters. The lowest BCUT2D eigenvalue weighted by atomic mass is 10.2. The summed E-state index contributed by atoms with van der Waals surface area (Å²) in [4.78, 5) is 26.6. The zero-order chi connectivity index (χ0) is 21.0. The van der Waals surface area contributed by atoms with E-state index < -0.39 is 10.0 Å². The van der Waals surface area contributed by atoms with Gasteiger partial charge in [0.25, 0.3) is 5.91 Å². The summed E-state index contributed by atoms with van der Waals surface area (Å²) >= 11 is 6.47. The van der Waals surface area contributed by atoms with Gasteiger partial charge in [-0.2, -0.15) is 0 Å². The van der Waals surface area contributed by atoms with Gasteiger partial charge in [0.15, 0.2) is 0 Å². The largest absolute Gasteiger partial charge is 0.326 e. The highest BCUT2D eigenvalue weighted by Gasteiger charge is 2.32. The predicted molar refractivity (Wildman–Crippen MR) is 117 cm³/mol. The van der Waals surface area contributed by atoms with Crippen LogP contribution < -0.4 is 10.5 Å². The van der Waals surface area contributed by atoms with Crippen LogP contribution in [0, 0.1) is 0 Å². The Bertz CT molecular complexity index is 1080. The minimum Gasteiger partial charge on any atom is -0.326 e. The van der Waals surface area contributed by atoms with Crippen LogP contribution in [0.1, 0.15) is 12.0 Å². The molecule has 29 heavy (non-hydrogen) atoms. The van der Waals surface area contributed by atoms with Gasteiger partial charge in [0.2, 0.25) is 15.9 Å². The summed E-state index contributed by atoms with van der Waals surface area (Å²) in [5, 5.41) is 7.69. The molecule has 2 aromatic rings. The topological polar surface area (TPSA) is 110 Å². The average molecular weight is 448 g/mol. The van der Waals surface area contributed by atoms with E-state index >= 15 is 0 Å². The maximum Gasteiger partial charge on any atom is 0.266 e. The summed E-state index contributed by atoms with van der Waals surface area (Å²) in [6.45, 7) is 0.151. The van der Waals surface area contributed by atoms with Crippen molar-refractivity contribution in [3.8, 4) is 0 Å². The van der Waals surface area contributed by atoms with E-state index in [1.807, 2.05) is 30.3 Å². The number of hydrogen-bond acceptors (Lipinski definition) is 6. The SMILES string of the molecule is NS(=O)(=O)c1ccc(NC(=O)CCN2C(=O)/C(=C/c3ccccc3)SC2=S)cc1. The molecule has 3 rings (SSSR count). The molecule has 0 spiro atoms. The van der Waals surface area contributed by atoms with Gasteiger partial charge in [0, 0.05) is 18.7 Å². The first-order valence-corrected chi connectivity index (χ1v) is 11.2. The normalized spacial score (nSPS) is 15.8. The zero-order valence-electron chi connectivity index (χ0n) is 15.1. The van der Waals surface area contributed by atoms with Crippen LogP contribution in [0.15, 0.2) is 64.4 Å². The van der Waals surface area contributed by atoms with E-state index in [0.29, 0.717) is 14.9 Å². The molecule has 2 aromatic carbocycles. The second-order valence-electron chi connectivity index (χ2n) is 6.11. The number of thioether (sulfide) groups is 1. The van der Waals surface area contributed by atoms with Gasteiger partial charge >= 0.3 is 0 Å². The molecule has 1 heterocycles. The van der Waals surface area contributed by atoms with Crippen LogP contribution in [-0.4, -0.2) is 36.0 Å². The first kappa shape index (κ1) is 21.2. The van der Waals surface area contributed by atoms with Gasteiger partial charge in [0.1, 0.15) is 4.32 Å². The Morgan fingerprint density at radius 2 is 1.79 bits per heavy atom. The Balaban J connectivity index is 1.58. The van der Waals surface area contributed by atoms with E-state index in [1.165, 1.54) is 40.9 Å². The van der Waals surface area contributed by atoms with E-state index in [-0.39, 0.29) is 29.7 Å². The summed E-state index contributed by atoms with van der Waals surface area (Å²) in [6, 6.07) is 14.9.